The number of oxazole rings is 1. The van der Waals surface area contributed by atoms with Crippen LogP contribution in [0.25, 0.3) is 0 Å². The quantitative estimate of drug-likeness (QED) is 0.817. The van der Waals surface area contributed by atoms with Gasteiger partial charge in [-0.1, -0.05) is 12.1 Å². The number of primary amides is 1. The molecule has 1 heterocycles. The molecule has 140 valence electrons. The van der Waals surface area contributed by atoms with E-state index in [-0.39, 0.29) is 17.9 Å². The number of carbonyl (C=O) groups is 2. The molecule has 1 aromatic carbocycles. The molecule has 0 aliphatic rings. The fraction of sp³-hybridized carbons (Fsp3) is 0.389. The number of nitrogens with zero attached hydrogens (tertiary/aromatic N) is 1. The van der Waals surface area contributed by atoms with Crippen LogP contribution in [0.5, 0.6) is 5.75 Å². The molecular formula is C18H23N3O5. The summed E-state index contributed by atoms with van der Waals surface area (Å²) in [7, 11) is 1.57. The molecule has 0 saturated heterocycles. The molecule has 8 nitrogen and oxygen atoms in total. The molecule has 2 aromatic rings. The molecular weight excluding hydrogens is 338 g/mol. The standard InChI is InChI=1S/C18H23N3O5/c1-18(2,3)21-17(23)26-13(15-14(16(19)22)20-10-25-15)9-11-5-7-12(24-4)8-6-11/h5-8,10,13H,9H2,1-4H3,(H2,19,22)(H,21,23)/t13-/m0/s1. The largest absolute Gasteiger partial charge is 0.497 e. The van der Waals surface area contributed by atoms with Crippen LogP contribution in [-0.4, -0.2) is 29.6 Å². The van der Waals surface area contributed by atoms with Gasteiger partial charge >= 0.3 is 6.09 Å². The van der Waals surface area contributed by atoms with Gasteiger partial charge in [-0.15, -0.1) is 0 Å². The van der Waals surface area contributed by atoms with E-state index in [2.05, 4.69) is 10.3 Å². The lowest BCUT2D eigenvalue weighted by atomic mass is 10.0. The first-order chi connectivity index (χ1) is 12.2. The van der Waals surface area contributed by atoms with Crippen molar-refractivity contribution in [3.8, 4) is 5.75 Å². The maximum absolute atomic E-state index is 12.2. The van der Waals surface area contributed by atoms with Crippen molar-refractivity contribution in [1.82, 2.24) is 10.3 Å². The molecule has 2 rings (SSSR count). The summed E-state index contributed by atoms with van der Waals surface area (Å²) in [4.78, 5) is 27.6. The second-order valence-electron chi connectivity index (χ2n) is 6.75. The normalized spacial score (nSPS) is 12.3. The van der Waals surface area contributed by atoms with Gasteiger partial charge in [-0.25, -0.2) is 9.78 Å². The van der Waals surface area contributed by atoms with Crippen LogP contribution in [0.1, 0.15) is 48.7 Å². The Labute approximate surface area is 151 Å². The Morgan fingerprint density at radius 1 is 1.27 bits per heavy atom. The molecule has 0 aliphatic heterocycles. The molecule has 1 aromatic heterocycles. The van der Waals surface area contributed by atoms with E-state index in [9.17, 15) is 9.59 Å². The second-order valence-corrected chi connectivity index (χ2v) is 6.75. The number of benzene rings is 1. The maximum atomic E-state index is 12.2. The van der Waals surface area contributed by atoms with Gasteiger partial charge in [-0.05, 0) is 38.5 Å². The molecule has 3 N–H and O–H groups in total. The Morgan fingerprint density at radius 3 is 2.46 bits per heavy atom. The molecule has 0 aliphatic carbocycles. The van der Waals surface area contributed by atoms with Gasteiger partial charge in [0.25, 0.3) is 5.91 Å². The zero-order chi connectivity index (χ0) is 19.3. The van der Waals surface area contributed by atoms with Crippen LogP contribution < -0.4 is 15.8 Å². The lowest BCUT2D eigenvalue weighted by Crippen LogP contribution is -2.41. The predicted octanol–water partition coefficient (Wildman–Crippen LogP) is 2.59. The number of alkyl carbamates (subject to hydrolysis) is 1. The summed E-state index contributed by atoms with van der Waals surface area (Å²) in [6, 6.07) is 7.24. The highest BCUT2D eigenvalue weighted by Gasteiger charge is 2.28. The zero-order valence-corrected chi connectivity index (χ0v) is 15.2. The lowest BCUT2D eigenvalue weighted by molar-refractivity contribution is 0.0767. The van der Waals surface area contributed by atoms with Crippen molar-refractivity contribution in [3.63, 3.8) is 0 Å². The van der Waals surface area contributed by atoms with Crippen LogP contribution >= 0.6 is 0 Å². The number of rotatable bonds is 6. The average Bonchev–Trinajstić information content (AvgIpc) is 3.03. The van der Waals surface area contributed by atoms with Gasteiger partial charge < -0.3 is 24.9 Å². The van der Waals surface area contributed by atoms with Crippen LogP contribution in [-0.2, 0) is 11.2 Å². The fourth-order valence-corrected chi connectivity index (χ4v) is 2.30. The Bertz CT molecular complexity index is 762. The van der Waals surface area contributed by atoms with Crippen LogP contribution in [0, 0.1) is 0 Å². The van der Waals surface area contributed by atoms with Gasteiger partial charge in [0.2, 0.25) is 0 Å². The highest BCUT2D eigenvalue weighted by molar-refractivity contribution is 5.91. The van der Waals surface area contributed by atoms with Crippen molar-refractivity contribution in [3.05, 3.63) is 47.7 Å². The average molecular weight is 361 g/mol. The van der Waals surface area contributed by atoms with Crippen molar-refractivity contribution in [2.24, 2.45) is 5.73 Å². The Balaban J connectivity index is 2.26. The number of methoxy groups -OCH3 is 1. The number of hydrogen-bond donors (Lipinski definition) is 2. The van der Waals surface area contributed by atoms with Crippen molar-refractivity contribution < 1.29 is 23.5 Å². The number of carbonyl (C=O) groups excluding carboxylic acids is 2. The van der Waals surface area contributed by atoms with E-state index < -0.39 is 23.6 Å². The van der Waals surface area contributed by atoms with E-state index >= 15 is 0 Å². The molecule has 2 amide bonds. The molecule has 1 atom stereocenters. The molecule has 0 spiro atoms. The third-order valence-electron chi connectivity index (χ3n) is 3.43. The highest BCUT2D eigenvalue weighted by Crippen LogP contribution is 2.26. The minimum atomic E-state index is -0.865. The van der Waals surface area contributed by atoms with E-state index in [4.69, 9.17) is 19.6 Å². The van der Waals surface area contributed by atoms with Gasteiger partial charge in [0.05, 0.1) is 7.11 Å². The highest BCUT2D eigenvalue weighted by atomic mass is 16.6. The van der Waals surface area contributed by atoms with Crippen molar-refractivity contribution >= 4 is 12.0 Å². The molecule has 0 radical (unpaired) electrons. The predicted molar refractivity (Wildman–Crippen MR) is 93.8 cm³/mol. The molecule has 26 heavy (non-hydrogen) atoms. The smallest absolute Gasteiger partial charge is 0.408 e. The summed E-state index contributed by atoms with van der Waals surface area (Å²) in [6.07, 6.45) is -0.128. The third-order valence-corrected chi connectivity index (χ3v) is 3.43. The monoisotopic (exact) mass is 361 g/mol. The lowest BCUT2D eigenvalue weighted by Gasteiger charge is -2.23. The van der Waals surface area contributed by atoms with E-state index in [1.807, 2.05) is 32.9 Å². The topological polar surface area (TPSA) is 117 Å². The number of hydrogen-bond acceptors (Lipinski definition) is 6. The van der Waals surface area contributed by atoms with Gasteiger partial charge in [0.15, 0.2) is 24.0 Å². The Kier molecular flexibility index (Phi) is 5.86. The van der Waals surface area contributed by atoms with Crippen LogP contribution in [0.4, 0.5) is 4.79 Å². The molecule has 8 heteroatoms. The van der Waals surface area contributed by atoms with Crippen LogP contribution in [0.2, 0.25) is 0 Å². The molecule has 0 bridgehead atoms. The van der Waals surface area contributed by atoms with Crippen molar-refractivity contribution in [2.45, 2.75) is 38.8 Å². The number of amides is 2. The number of nitrogens with two attached hydrogens (primary N) is 1. The SMILES string of the molecule is COc1ccc(C[C@H](OC(=O)NC(C)(C)C)c2ocnc2C(N)=O)cc1. The molecule has 0 unspecified atom stereocenters. The summed E-state index contributed by atoms with van der Waals surface area (Å²) >= 11 is 0. The van der Waals surface area contributed by atoms with E-state index in [1.165, 1.54) is 0 Å². The minimum absolute atomic E-state index is 0.0629. The van der Waals surface area contributed by atoms with Gasteiger partial charge in [-0.3, -0.25) is 4.79 Å². The summed E-state index contributed by atoms with van der Waals surface area (Å²) in [5, 5.41) is 2.70. The van der Waals surface area contributed by atoms with Gasteiger partial charge in [0.1, 0.15) is 5.75 Å². The number of ether oxygens (including phenoxy) is 2. The van der Waals surface area contributed by atoms with Crippen LogP contribution in [0.3, 0.4) is 0 Å². The molecule has 0 fully saturated rings. The number of aromatic nitrogens is 1. The third kappa shape index (κ3) is 5.23. The van der Waals surface area contributed by atoms with E-state index in [0.29, 0.717) is 5.75 Å². The number of nitrogens with one attached hydrogen (secondary N) is 1. The van der Waals surface area contributed by atoms with E-state index in [1.54, 1.807) is 19.2 Å². The van der Waals surface area contributed by atoms with Gasteiger partial charge in [-0.2, -0.15) is 0 Å². The van der Waals surface area contributed by atoms with Crippen LogP contribution in [0.15, 0.2) is 35.1 Å². The first kappa shape index (κ1) is 19.3. The first-order valence-electron chi connectivity index (χ1n) is 8.04. The first-order valence-corrected chi connectivity index (χ1v) is 8.04. The Morgan fingerprint density at radius 2 is 1.92 bits per heavy atom. The Hall–Kier alpha value is -3.03. The van der Waals surface area contributed by atoms with Crippen molar-refractivity contribution in [1.29, 1.82) is 0 Å². The fourth-order valence-electron chi connectivity index (χ4n) is 2.30. The summed E-state index contributed by atoms with van der Waals surface area (Å²) in [5.41, 5.74) is 5.64. The summed E-state index contributed by atoms with van der Waals surface area (Å²) < 4.78 is 15.9. The van der Waals surface area contributed by atoms with E-state index in [0.717, 1.165) is 12.0 Å². The summed E-state index contributed by atoms with van der Waals surface area (Å²) in [6.45, 7) is 5.49. The minimum Gasteiger partial charge on any atom is -0.497 e. The maximum Gasteiger partial charge on any atom is 0.408 e. The molecule has 0 saturated carbocycles. The second kappa shape index (κ2) is 7.90. The van der Waals surface area contributed by atoms with Gasteiger partial charge in [0, 0.05) is 12.0 Å². The van der Waals surface area contributed by atoms with Crippen molar-refractivity contribution in [2.75, 3.05) is 7.11 Å². The zero-order valence-electron chi connectivity index (χ0n) is 15.2. The summed E-state index contributed by atoms with van der Waals surface area (Å²) in [5.74, 6) is 0.0554.